The summed E-state index contributed by atoms with van der Waals surface area (Å²) in [5.41, 5.74) is 5.95. The molecule has 0 aromatic heterocycles. The summed E-state index contributed by atoms with van der Waals surface area (Å²) in [6.07, 6.45) is 0.237. The predicted molar refractivity (Wildman–Crippen MR) is 58.3 cm³/mol. The van der Waals surface area contributed by atoms with Gasteiger partial charge in [0, 0.05) is 18.5 Å². The Labute approximate surface area is 93.1 Å². The van der Waals surface area contributed by atoms with Gasteiger partial charge >= 0.3 is 5.97 Å². The third-order valence-electron chi connectivity index (χ3n) is 1.90. The highest BCUT2D eigenvalue weighted by Gasteiger charge is 2.06. The lowest BCUT2D eigenvalue weighted by Crippen LogP contribution is -2.02. The van der Waals surface area contributed by atoms with Crippen molar-refractivity contribution in [1.82, 2.24) is 0 Å². The van der Waals surface area contributed by atoms with Crippen LogP contribution in [0.15, 0.2) is 18.2 Å². The molecule has 0 spiro atoms. The first-order valence-electron chi connectivity index (χ1n) is 4.82. The van der Waals surface area contributed by atoms with Crippen LogP contribution in [0.2, 0.25) is 0 Å². The van der Waals surface area contributed by atoms with Gasteiger partial charge in [0.1, 0.15) is 5.82 Å². The Morgan fingerprint density at radius 1 is 1.50 bits per heavy atom. The summed E-state index contributed by atoms with van der Waals surface area (Å²) in [5.74, 6) is 3.94. The number of hydrogen-bond donors (Lipinski definition) is 2. The minimum Gasteiger partial charge on any atom is -0.481 e. The van der Waals surface area contributed by atoms with E-state index in [1.54, 1.807) is 6.07 Å². The van der Waals surface area contributed by atoms with E-state index in [-0.39, 0.29) is 12.0 Å². The Bertz CT molecular complexity index is 446. The lowest BCUT2D eigenvalue weighted by atomic mass is 10.1. The van der Waals surface area contributed by atoms with Gasteiger partial charge in [-0.2, -0.15) is 0 Å². The zero-order valence-electron chi connectivity index (χ0n) is 8.66. The fraction of sp³-hybridized carbons (Fsp3) is 0.250. The van der Waals surface area contributed by atoms with Gasteiger partial charge in [0.15, 0.2) is 0 Å². The molecule has 0 amide bonds. The topological polar surface area (TPSA) is 63.3 Å². The van der Waals surface area contributed by atoms with Crippen LogP contribution in [0.5, 0.6) is 0 Å². The molecule has 0 radical (unpaired) electrons. The van der Waals surface area contributed by atoms with Gasteiger partial charge in [-0.25, -0.2) is 4.39 Å². The Kier molecular flexibility index (Phi) is 4.49. The fourth-order valence-corrected chi connectivity index (χ4v) is 1.17. The first-order chi connectivity index (χ1) is 7.63. The molecule has 0 saturated carbocycles. The summed E-state index contributed by atoms with van der Waals surface area (Å²) in [6.45, 7) is 0.465. The smallest absolute Gasteiger partial charge is 0.307 e. The van der Waals surface area contributed by atoms with E-state index in [0.29, 0.717) is 18.5 Å². The number of benzene rings is 1. The van der Waals surface area contributed by atoms with E-state index in [0.717, 1.165) is 0 Å². The second-order valence-electron chi connectivity index (χ2n) is 3.22. The first-order valence-corrected chi connectivity index (χ1v) is 4.82. The summed E-state index contributed by atoms with van der Waals surface area (Å²) in [4.78, 5) is 10.4. The van der Waals surface area contributed by atoms with Crippen LogP contribution in [0.3, 0.4) is 0 Å². The van der Waals surface area contributed by atoms with Gasteiger partial charge in [0.25, 0.3) is 0 Å². The minimum atomic E-state index is -1.05. The van der Waals surface area contributed by atoms with Crippen molar-refractivity contribution in [1.29, 1.82) is 0 Å². The fourth-order valence-electron chi connectivity index (χ4n) is 1.17. The normalized spacial score (nSPS) is 9.38. The van der Waals surface area contributed by atoms with Gasteiger partial charge in [0.2, 0.25) is 0 Å². The Hall–Kier alpha value is -1.86. The number of aliphatic carboxylic acids is 1. The van der Waals surface area contributed by atoms with Gasteiger partial charge < -0.3 is 10.8 Å². The van der Waals surface area contributed by atoms with E-state index in [9.17, 15) is 9.18 Å². The first kappa shape index (κ1) is 12.2. The Balaban J connectivity index is 2.83. The molecule has 0 fully saturated rings. The van der Waals surface area contributed by atoms with Gasteiger partial charge in [0.05, 0.1) is 6.42 Å². The van der Waals surface area contributed by atoms with E-state index in [1.165, 1.54) is 12.1 Å². The maximum Gasteiger partial charge on any atom is 0.307 e. The third kappa shape index (κ3) is 3.71. The summed E-state index contributed by atoms with van der Waals surface area (Å²) in [5, 5.41) is 8.53. The summed E-state index contributed by atoms with van der Waals surface area (Å²) in [7, 11) is 0. The van der Waals surface area contributed by atoms with Crippen molar-refractivity contribution in [2.45, 2.75) is 12.8 Å². The lowest BCUT2D eigenvalue weighted by molar-refractivity contribution is -0.136. The molecular formula is C12H12FNO2. The van der Waals surface area contributed by atoms with Crippen molar-refractivity contribution in [3.63, 3.8) is 0 Å². The van der Waals surface area contributed by atoms with E-state index in [4.69, 9.17) is 10.8 Å². The standard InChI is InChI=1S/C12H12FNO2/c13-11-7-9(3-1-2-6-14)4-5-10(11)8-12(15)16/h4-5,7H,2,6,8,14H2,(H,15,16). The van der Waals surface area contributed by atoms with Crippen LogP contribution in [0, 0.1) is 17.7 Å². The van der Waals surface area contributed by atoms with Crippen LogP contribution in [0.25, 0.3) is 0 Å². The van der Waals surface area contributed by atoms with Crippen molar-refractivity contribution in [2.75, 3.05) is 6.54 Å². The molecule has 0 aliphatic heterocycles. The van der Waals surface area contributed by atoms with Crippen LogP contribution < -0.4 is 5.73 Å². The molecule has 0 atom stereocenters. The average molecular weight is 221 g/mol. The molecule has 0 unspecified atom stereocenters. The third-order valence-corrected chi connectivity index (χ3v) is 1.90. The molecule has 0 saturated heterocycles. The number of carbonyl (C=O) groups is 1. The second-order valence-corrected chi connectivity index (χ2v) is 3.22. The maximum absolute atomic E-state index is 13.4. The number of nitrogens with two attached hydrogens (primary N) is 1. The Morgan fingerprint density at radius 2 is 2.25 bits per heavy atom. The molecule has 4 heteroatoms. The van der Waals surface area contributed by atoms with Crippen molar-refractivity contribution in [3.8, 4) is 11.8 Å². The largest absolute Gasteiger partial charge is 0.481 e. The number of rotatable bonds is 3. The molecule has 0 aliphatic rings. The number of carboxylic acids is 1. The zero-order chi connectivity index (χ0) is 12.0. The summed E-state index contributed by atoms with van der Waals surface area (Å²) >= 11 is 0. The van der Waals surface area contributed by atoms with Crippen LogP contribution >= 0.6 is 0 Å². The van der Waals surface area contributed by atoms with Gasteiger partial charge in [-0.3, -0.25) is 4.79 Å². The van der Waals surface area contributed by atoms with Gasteiger partial charge in [-0.05, 0) is 17.7 Å². The maximum atomic E-state index is 13.4. The molecule has 1 aromatic carbocycles. The number of hydrogen-bond acceptors (Lipinski definition) is 2. The van der Waals surface area contributed by atoms with Crippen LogP contribution in [-0.4, -0.2) is 17.6 Å². The summed E-state index contributed by atoms with van der Waals surface area (Å²) in [6, 6.07) is 4.28. The van der Waals surface area contributed by atoms with Crippen molar-refractivity contribution < 1.29 is 14.3 Å². The molecule has 16 heavy (non-hydrogen) atoms. The van der Waals surface area contributed by atoms with Crippen LogP contribution in [-0.2, 0) is 11.2 Å². The van der Waals surface area contributed by atoms with Gasteiger partial charge in [-0.1, -0.05) is 17.9 Å². The molecule has 3 N–H and O–H groups in total. The number of halogens is 1. The van der Waals surface area contributed by atoms with Gasteiger partial charge in [-0.15, -0.1) is 0 Å². The molecule has 0 aliphatic carbocycles. The quantitative estimate of drug-likeness (QED) is 0.753. The highest BCUT2D eigenvalue weighted by molar-refractivity contribution is 5.70. The van der Waals surface area contributed by atoms with E-state index in [2.05, 4.69) is 11.8 Å². The van der Waals surface area contributed by atoms with E-state index < -0.39 is 11.8 Å². The van der Waals surface area contributed by atoms with E-state index in [1.807, 2.05) is 0 Å². The van der Waals surface area contributed by atoms with Crippen molar-refractivity contribution in [3.05, 3.63) is 35.1 Å². The predicted octanol–water partition coefficient (Wildman–Crippen LogP) is 1.15. The SMILES string of the molecule is NCCC#Cc1ccc(CC(=O)O)c(F)c1. The molecular weight excluding hydrogens is 209 g/mol. The van der Waals surface area contributed by atoms with E-state index >= 15 is 0 Å². The van der Waals surface area contributed by atoms with Crippen molar-refractivity contribution in [2.24, 2.45) is 5.73 Å². The summed E-state index contributed by atoms with van der Waals surface area (Å²) < 4.78 is 13.4. The molecule has 84 valence electrons. The van der Waals surface area contributed by atoms with Crippen molar-refractivity contribution >= 4 is 5.97 Å². The highest BCUT2D eigenvalue weighted by atomic mass is 19.1. The highest BCUT2D eigenvalue weighted by Crippen LogP contribution is 2.10. The minimum absolute atomic E-state index is 0.164. The monoisotopic (exact) mass is 221 g/mol. The molecule has 0 bridgehead atoms. The molecule has 1 aromatic rings. The molecule has 1 rings (SSSR count). The number of carboxylic acid groups (broad SMARTS) is 1. The Morgan fingerprint density at radius 3 is 2.81 bits per heavy atom. The van der Waals surface area contributed by atoms with Crippen LogP contribution in [0.1, 0.15) is 17.5 Å². The second kappa shape index (κ2) is 5.89. The zero-order valence-corrected chi connectivity index (χ0v) is 8.66. The lowest BCUT2D eigenvalue weighted by Gasteiger charge is -1.99. The molecule has 3 nitrogen and oxygen atoms in total. The van der Waals surface area contributed by atoms with Crippen LogP contribution in [0.4, 0.5) is 4.39 Å². The molecule has 0 heterocycles. The average Bonchev–Trinajstić information content (AvgIpc) is 2.22.